The molecule has 0 spiro atoms. The highest BCUT2D eigenvalue weighted by Crippen LogP contribution is 2.10. The van der Waals surface area contributed by atoms with Crippen molar-refractivity contribution in [1.29, 1.82) is 0 Å². The number of likely N-dealkylation sites (N-methyl/N-ethyl adjacent to an activating group) is 1. The van der Waals surface area contributed by atoms with Crippen molar-refractivity contribution in [3.8, 4) is 0 Å². The van der Waals surface area contributed by atoms with Crippen molar-refractivity contribution in [3.05, 3.63) is 35.4 Å². The lowest BCUT2D eigenvalue weighted by molar-refractivity contribution is -0.123. The molecular weight excluding hydrogens is 296 g/mol. The number of amides is 2. The molecule has 0 fully saturated rings. The Labute approximate surface area is 136 Å². The average molecular weight is 320 g/mol. The minimum absolute atomic E-state index is 0.0327. The van der Waals surface area contributed by atoms with Crippen LogP contribution in [0.1, 0.15) is 48.4 Å². The summed E-state index contributed by atoms with van der Waals surface area (Å²) in [4.78, 5) is 37.5. The van der Waals surface area contributed by atoms with Crippen molar-refractivity contribution >= 4 is 17.8 Å². The molecule has 0 saturated heterocycles. The van der Waals surface area contributed by atoms with Gasteiger partial charge in [-0.15, -0.1) is 0 Å². The molecule has 0 heterocycles. The lowest BCUT2D eigenvalue weighted by atomic mass is 10.1. The Hall–Kier alpha value is -2.37. The molecule has 6 heteroatoms. The molecule has 1 aromatic carbocycles. The highest BCUT2D eigenvalue weighted by molar-refractivity contribution is 5.99. The van der Waals surface area contributed by atoms with Gasteiger partial charge in [-0.2, -0.15) is 0 Å². The average Bonchev–Trinajstić information content (AvgIpc) is 2.49. The Morgan fingerprint density at radius 2 is 1.78 bits per heavy atom. The Morgan fingerprint density at radius 3 is 2.30 bits per heavy atom. The second kappa shape index (κ2) is 7.76. The number of nitrogens with zero attached hydrogens (tertiary/aromatic N) is 1. The largest absolute Gasteiger partial charge is 0.465 e. The van der Waals surface area contributed by atoms with E-state index in [2.05, 4.69) is 10.1 Å². The van der Waals surface area contributed by atoms with Gasteiger partial charge in [0, 0.05) is 17.6 Å². The molecule has 0 atom stereocenters. The van der Waals surface area contributed by atoms with Crippen LogP contribution in [0, 0.1) is 0 Å². The molecule has 2 amide bonds. The third-order valence-electron chi connectivity index (χ3n) is 3.05. The van der Waals surface area contributed by atoms with E-state index in [-0.39, 0.29) is 23.9 Å². The van der Waals surface area contributed by atoms with Gasteiger partial charge in [-0.05, 0) is 45.9 Å². The van der Waals surface area contributed by atoms with Crippen LogP contribution in [0.3, 0.4) is 0 Å². The quantitative estimate of drug-likeness (QED) is 0.840. The van der Waals surface area contributed by atoms with Crippen LogP contribution in [0.25, 0.3) is 0 Å². The molecule has 0 unspecified atom stereocenters. The number of nitrogens with one attached hydrogen (secondary N) is 1. The van der Waals surface area contributed by atoms with Gasteiger partial charge < -0.3 is 15.0 Å². The highest BCUT2D eigenvalue weighted by Gasteiger charge is 2.21. The first-order valence-corrected chi connectivity index (χ1v) is 7.46. The van der Waals surface area contributed by atoms with E-state index in [1.807, 2.05) is 20.8 Å². The minimum atomic E-state index is -0.506. The van der Waals surface area contributed by atoms with Crippen LogP contribution in [0.4, 0.5) is 0 Å². The molecule has 1 rings (SSSR count). The van der Waals surface area contributed by atoms with Gasteiger partial charge in [0.05, 0.1) is 19.2 Å². The van der Waals surface area contributed by atoms with Gasteiger partial charge in [-0.3, -0.25) is 9.59 Å². The van der Waals surface area contributed by atoms with Gasteiger partial charge in [-0.1, -0.05) is 6.07 Å². The van der Waals surface area contributed by atoms with Gasteiger partial charge in [0.1, 0.15) is 0 Å². The van der Waals surface area contributed by atoms with Crippen molar-refractivity contribution in [2.75, 3.05) is 20.2 Å². The molecule has 0 radical (unpaired) electrons. The first kappa shape index (κ1) is 18.7. The fourth-order valence-electron chi connectivity index (χ4n) is 2.04. The molecule has 126 valence electrons. The Balaban J connectivity index is 2.88. The molecule has 1 aromatic rings. The SMILES string of the molecule is CCN(CC(=O)NC(C)(C)C)C(=O)c1cccc(C(=O)OC)c1. The van der Waals surface area contributed by atoms with Gasteiger partial charge >= 0.3 is 5.97 Å². The molecule has 0 aliphatic heterocycles. The van der Waals surface area contributed by atoms with E-state index in [0.717, 1.165) is 0 Å². The second-order valence-corrected chi connectivity index (χ2v) is 6.19. The summed E-state index contributed by atoms with van der Waals surface area (Å²) >= 11 is 0. The lowest BCUT2D eigenvalue weighted by Crippen LogP contribution is -2.47. The van der Waals surface area contributed by atoms with Gasteiger partial charge in [0.25, 0.3) is 5.91 Å². The number of ether oxygens (including phenoxy) is 1. The van der Waals surface area contributed by atoms with E-state index in [1.54, 1.807) is 25.1 Å². The van der Waals surface area contributed by atoms with Crippen molar-refractivity contribution < 1.29 is 19.1 Å². The molecule has 0 bridgehead atoms. The third kappa shape index (κ3) is 5.73. The first-order valence-electron chi connectivity index (χ1n) is 7.46. The number of hydrogen-bond donors (Lipinski definition) is 1. The maximum absolute atomic E-state index is 12.5. The predicted octanol–water partition coefficient (Wildman–Crippen LogP) is 1.85. The number of benzene rings is 1. The lowest BCUT2D eigenvalue weighted by Gasteiger charge is -2.25. The maximum Gasteiger partial charge on any atom is 0.337 e. The minimum Gasteiger partial charge on any atom is -0.465 e. The van der Waals surface area contributed by atoms with Crippen molar-refractivity contribution in [1.82, 2.24) is 10.2 Å². The van der Waals surface area contributed by atoms with E-state index in [9.17, 15) is 14.4 Å². The normalized spacial score (nSPS) is 10.8. The van der Waals surface area contributed by atoms with E-state index in [4.69, 9.17) is 0 Å². The molecule has 23 heavy (non-hydrogen) atoms. The highest BCUT2D eigenvalue weighted by atomic mass is 16.5. The zero-order chi connectivity index (χ0) is 17.6. The summed E-state index contributed by atoms with van der Waals surface area (Å²) in [7, 11) is 1.28. The number of methoxy groups -OCH3 is 1. The van der Waals surface area contributed by atoms with E-state index in [0.29, 0.717) is 17.7 Å². The summed E-state index contributed by atoms with van der Waals surface area (Å²) in [6.07, 6.45) is 0. The zero-order valence-electron chi connectivity index (χ0n) is 14.3. The van der Waals surface area contributed by atoms with E-state index in [1.165, 1.54) is 18.1 Å². The van der Waals surface area contributed by atoms with Crippen molar-refractivity contribution in [2.45, 2.75) is 33.2 Å². The molecule has 0 aromatic heterocycles. The molecule has 0 saturated carbocycles. The monoisotopic (exact) mass is 320 g/mol. The molecule has 1 N–H and O–H groups in total. The van der Waals surface area contributed by atoms with Crippen LogP contribution in [0.5, 0.6) is 0 Å². The van der Waals surface area contributed by atoms with Crippen LogP contribution in [-0.2, 0) is 9.53 Å². The summed E-state index contributed by atoms with van der Waals surface area (Å²) in [5, 5.41) is 2.82. The predicted molar refractivity (Wildman–Crippen MR) is 87.3 cm³/mol. The Morgan fingerprint density at radius 1 is 1.17 bits per heavy atom. The number of carbonyl (C=O) groups is 3. The number of hydrogen-bond acceptors (Lipinski definition) is 4. The van der Waals surface area contributed by atoms with Crippen LogP contribution in [0.2, 0.25) is 0 Å². The second-order valence-electron chi connectivity index (χ2n) is 6.19. The van der Waals surface area contributed by atoms with Gasteiger partial charge in [-0.25, -0.2) is 4.79 Å². The Bertz CT molecular complexity index is 591. The third-order valence-corrected chi connectivity index (χ3v) is 3.05. The molecular formula is C17H24N2O4. The van der Waals surface area contributed by atoms with Crippen LogP contribution < -0.4 is 5.32 Å². The summed E-state index contributed by atoms with van der Waals surface area (Å²) in [5.41, 5.74) is 0.288. The molecule has 0 aliphatic rings. The number of rotatable bonds is 5. The van der Waals surface area contributed by atoms with Crippen LogP contribution >= 0.6 is 0 Å². The van der Waals surface area contributed by atoms with Crippen LogP contribution in [0.15, 0.2) is 24.3 Å². The fraction of sp³-hybridized carbons (Fsp3) is 0.471. The van der Waals surface area contributed by atoms with Gasteiger partial charge in [0.2, 0.25) is 5.91 Å². The van der Waals surface area contributed by atoms with Crippen molar-refractivity contribution in [3.63, 3.8) is 0 Å². The van der Waals surface area contributed by atoms with Gasteiger partial charge in [0.15, 0.2) is 0 Å². The molecule has 6 nitrogen and oxygen atoms in total. The van der Waals surface area contributed by atoms with Crippen LogP contribution in [-0.4, -0.2) is 48.4 Å². The Kier molecular flexibility index (Phi) is 6.30. The summed E-state index contributed by atoms with van der Waals surface area (Å²) < 4.78 is 4.65. The summed E-state index contributed by atoms with van der Waals surface area (Å²) in [6.45, 7) is 7.79. The molecule has 0 aliphatic carbocycles. The maximum atomic E-state index is 12.5. The smallest absolute Gasteiger partial charge is 0.337 e. The standard InChI is InChI=1S/C17H24N2O4/c1-6-19(11-14(20)18-17(2,3)4)15(21)12-8-7-9-13(10-12)16(22)23-5/h7-10H,6,11H2,1-5H3,(H,18,20). The summed E-state index contributed by atoms with van der Waals surface area (Å²) in [5.74, 6) is -1.03. The number of esters is 1. The topological polar surface area (TPSA) is 75.7 Å². The zero-order valence-corrected chi connectivity index (χ0v) is 14.3. The number of carbonyl (C=O) groups excluding carboxylic acids is 3. The van der Waals surface area contributed by atoms with Crippen molar-refractivity contribution in [2.24, 2.45) is 0 Å². The fourth-order valence-corrected chi connectivity index (χ4v) is 2.04. The van der Waals surface area contributed by atoms with E-state index >= 15 is 0 Å². The summed E-state index contributed by atoms with van der Waals surface area (Å²) in [6, 6.07) is 6.27. The van der Waals surface area contributed by atoms with E-state index < -0.39 is 5.97 Å². The first-order chi connectivity index (χ1) is 10.7.